The fraction of sp³-hybridized carbons (Fsp3) is 0.154. The summed E-state index contributed by atoms with van der Waals surface area (Å²) < 4.78 is 4.83. The molecule has 2 aromatic rings. The molecule has 1 aromatic carbocycles. The molecular weight excluding hydrogens is 260 g/mol. The number of benzene rings is 1. The minimum absolute atomic E-state index is 0.0781. The lowest BCUT2D eigenvalue weighted by Crippen LogP contribution is -2.21. The van der Waals surface area contributed by atoms with Crippen molar-refractivity contribution in [1.29, 1.82) is 0 Å². The molecule has 0 unspecified atom stereocenters. The van der Waals surface area contributed by atoms with Gasteiger partial charge in [-0.2, -0.15) is 0 Å². The van der Waals surface area contributed by atoms with E-state index in [0.717, 1.165) is 0 Å². The molecule has 1 heterocycles. The number of rotatable bonds is 4. The van der Waals surface area contributed by atoms with Gasteiger partial charge in [0, 0.05) is 11.4 Å². The zero-order chi connectivity index (χ0) is 14.5. The van der Waals surface area contributed by atoms with E-state index in [9.17, 15) is 9.59 Å². The summed E-state index contributed by atoms with van der Waals surface area (Å²) in [5, 5.41) is 8.86. The number of aromatic nitrogens is 1. The number of nitrogens with zero attached hydrogens (tertiary/aromatic N) is 1. The third-order valence-electron chi connectivity index (χ3n) is 2.61. The van der Waals surface area contributed by atoms with E-state index in [1.54, 1.807) is 31.2 Å². The van der Waals surface area contributed by atoms with Gasteiger partial charge in [0.1, 0.15) is 11.3 Å². The fourth-order valence-corrected chi connectivity index (χ4v) is 1.56. The van der Waals surface area contributed by atoms with Gasteiger partial charge in [0.15, 0.2) is 0 Å². The van der Waals surface area contributed by atoms with Crippen LogP contribution in [0, 0.1) is 6.92 Å². The van der Waals surface area contributed by atoms with Crippen molar-refractivity contribution in [2.75, 3.05) is 17.2 Å². The summed E-state index contributed by atoms with van der Waals surface area (Å²) in [7, 11) is 0. The Hall–Kier alpha value is -2.67. The Balaban J connectivity index is 2.02. The SMILES string of the molecule is Cc1oncc1C(=O)Nc1ccc(NC(=O)CN)cc1. The molecule has 2 rings (SSSR count). The van der Waals surface area contributed by atoms with Crippen molar-refractivity contribution in [2.24, 2.45) is 5.73 Å². The molecule has 0 saturated heterocycles. The summed E-state index contributed by atoms with van der Waals surface area (Å²) >= 11 is 0. The molecule has 0 fully saturated rings. The number of carbonyl (C=O) groups excluding carboxylic acids is 2. The highest BCUT2D eigenvalue weighted by atomic mass is 16.5. The van der Waals surface area contributed by atoms with Gasteiger partial charge in [0.2, 0.25) is 5.91 Å². The van der Waals surface area contributed by atoms with E-state index in [-0.39, 0.29) is 18.4 Å². The predicted molar refractivity (Wildman–Crippen MR) is 73.3 cm³/mol. The fourth-order valence-electron chi connectivity index (χ4n) is 1.56. The first-order valence-corrected chi connectivity index (χ1v) is 5.92. The van der Waals surface area contributed by atoms with E-state index in [1.807, 2.05) is 0 Å². The van der Waals surface area contributed by atoms with Gasteiger partial charge in [0.05, 0.1) is 12.7 Å². The number of nitrogens with two attached hydrogens (primary N) is 1. The van der Waals surface area contributed by atoms with Crippen LogP contribution in [0.25, 0.3) is 0 Å². The maximum absolute atomic E-state index is 11.9. The second-order valence-corrected chi connectivity index (χ2v) is 4.08. The third-order valence-corrected chi connectivity index (χ3v) is 2.61. The maximum atomic E-state index is 11.9. The molecule has 4 N–H and O–H groups in total. The van der Waals surface area contributed by atoms with Gasteiger partial charge in [-0.1, -0.05) is 5.16 Å². The number of anilines is 2. The Morgan fingerprint density at radius 3 is 2.30 bits per heavy atom. The van der Waals surface area contributed by atoms with E-state index < -0.39 is 0 Å². The lowest BCUT2D eigenvalue weighted by Gasteiger charge is -2.06. The van der Waals surface area contributed by atoms with Crippen LogP contribution in [0.2, 0.25) is 0 Å². The second kappa shape index (κ2) is 5.98. The molecule has 0 aliphatic carbocycles. The monoisotopic (exact) mass is 274 g/mol. The zero-order valence-electron chi connectivity index (χ0n) is 10.8. The predicted octanol–water partition coefficient (Wildman–Crippen LogP) is 1.13. The van der Waals surface area contributed by atoms with Crippen molar-refractivity contribution in [3.63, 3.8) is 0 Å². The van der Waals surface area contributed by atoms with Crippen molar-refractivity contribution in [3.8, 4) is 0 Å². The molecule has 0 radical (unpaired) electrons. The first-order valence-electron chi connectivity index (χ1n) is 5.92. The molecule has 1 aromatic heterocycles. The normalized spacial score (nSPS) is 10.1. The average molecular weight is 274 g/mol. The van der Waals surface area contributed by atoms with Crippen LogP contribution in [-0.4, -0.2) is 23.5 Å². The van der Waals surface area contributed by atoms with Crippen LogP contribution >= 0.6 is 0 Å². The number of carbonyl (C=O) groups is 2. The maximum Gasteiger partial charge on any atom is 0.260 e. The first kappa shape index (κ1) is 13.8. The summed E-state index contributed by atoms with van der Waals surface area (Å²) in [6.45, 7) is 1.58. The number of aryl methyl sites for hydroxylation is 1. The van der Waals surface area contributed by atoms with Crippen LogP contribution in [-0.2, 0) is 4.79 Å². The van der Waals surface area contributed by atoms with Crippen LogP contribution in [0.4, 0.5) is 11.4 Å². The topological polar surface area (TPSA) is 110 Å². The second-order valence-electron chi connectivity index (χ2n) is 4.08. The zero-order valence-corrected chi connectivity index (χ0v) is 10.8. The summed E-state index contributed by atoms with van der Waals surface area (Å²) in [6.07, 6.45) is 1.36. The number of hydrogen-bond acceptors (Lipinski definition) is 5. The largest absolute Gasteiger partial charge is 0.361 e. The molecule has 0 aliphatic rings. The molecule has 104 valence electrons. The standard InChI is InChI=1S/C13H14N4O3/c1-8-11(7-15-20-8)13(19)17-10-4-2-9(3-5-10)16-12(18)6-14/h2-5,7H,6,14H2,1H3,(H,16,18)(H,17,19). The lowest BCUT2D eigenvalue weighted by atomic mass is 10.2. The molecule has 20 heavy (non-hydrogen) atoms. The Bertz CT molecular complexity index is 619. The molecule has 0 aliphatic heterocycles. The quantitative estimate of drug-likeness (QED) is 0.774. The highest BCUT2D eigenvalue weighted by molar-refractivity contribution is 6.04. The third kappa shape index (κ3) is 3.21. The molecule has 0 saturated carbocycles. The van der Waals surface area contributed by atoms with Crippen molar-refractivity contribution >= 4 is 23.2 Å². The summed E-state index contributed by atoms with van der Waals surface area (Å²) in [5.41, 5.74) is 6.79. The molecular formula is C13H14N4O3. The van der Waals surface area contributed by atoms with Crippen LogP contribution in [0.5, 0.6) is 0 Å². The van der Waals surface area contributed by atoms with Crippen molar-refractivity contribution < 1.29 is 14.1 Å². The highest BCUT2D eigenvalue weighted by Crippen LogP contribution is 2.15. The van der Waals surface area contributed by atoms with Gasteiger partial charge in [-0.05, 0) is 31.2 Å². The van der Waals surface area contributed by atoms with Crippen LogP contribution in [0.3, 0.4) is 0 Å². The Morgan fingerprint density at radius 2 is 1.80 bits per heavy atom. The number of amides is 2. The lowest BCUT2D eigenvalue weighted by molar-refractivity contribution is -0.114. The van der Waals surface area contributed by atoms with Crippen LogP contribution < -0.4 is 16.4 Å². The minimum atomic E-state index is -0.303. The van der Waals surface area contributed by atoms with E-state index in [0.29, 0.717) is 22.7 Å². The van der Waals surface area contributed by atoms with Gasteiger partial charge in [-0.25, -0.2) is 0 Å². The van der Waals surface area contributed by atoms with Gasteiger partial charge < -0.3 is 20.9 Å². The van der Waals surface area contributed by atoms with E-state index in [2.05, 4.69) is 15.8 Å². The van der Waals surface area contributed by atoms with Crippen LogP contribution in [0.15, 0.2) is 35.0 Å². The Kier molecular flexibility index (Phi) is 4.11. The van der Waals surface area contributed by atoms with Gasteiger partial charge >= 0.3 is 0 Å². The summed E-state index contributed by atoms with van der Waals surface area (Å²) in [4.78, 5) is 23.0. The molecule has 7 heteroatoms. The molecule has 0 spiro atoms. The smallest absolute Gasteiger partial charge is 0.260 e. The molecule has 0 bridgehead atoms. The molecule has 0 atom stereocenters. The summed E-state index contributed by atoms with van der Waals surface area (Å²) in [6, 6.07) is 6.69. The average Bonchev–Trinajstić information content (AvgIpc) is 2.87. The van der Waals surface area contributed by atoms with Gasteiger partial charge in [-0.3, -0.25) is 9.59 Å². The van der Waals surface area contributed by atoms with Gasteiger partial charge in [0.25, 0.3) is 5.91 Å². The van der Waals surface area contributed by atoms with E-state index >= 15 is 0 Å². The molecule has 2 amide bonds. The van der Waals surface area contributed by atoms with E-state index in [1.165, 1.54) is 6.20 Å². The Morgan fingerprint density at radius 1 is 1.20 bits per heavy atom. The molecule has 7 nitrogen and oxygen atoms in total. The van der Waals surface area contributed by atoms with E-state index in [4.69, 9.17) is 10.3 Å². The number of nitrogens with one attached hydrogen (secondary N) is 2. The highest BCUT2D eigenvalue weighted by Gasteiger charge is 2.12. The minimum Gasteiger partial charge on any atom is -0.361 e. The van der Waals surface area contributed by atoms with Crippen LogP contribution in [0.1, 0.15) is 16.1 Å². The summed E-state index contributed by atoms with van der Waals surface area (Å²) in [5.74, 6) is -0.126. The first-order chi connectivity index (χ1) is 9.60. The van der Waals surface area contributed by atoms with Crippen molar-refractivity contribution in [1.82, 2.24) is 5.16 Å². The van der Waals surface area contributed by atoms with Crippen molar-refractivity contribution in [2.45, 2.75) is 6.92 Å². The Labute approximate surface area is 115 Å². The number of hydrogen-bond donors (Lipinski definition) is 3. The van der Waals surface area contributed by atoms with Crippen molar-refractivity contribution in [3.05, 3.63) is 41.8 Å². The van der Waals surface area contributed by atoms with Gasteiger partial charge in [-0.15, -0.1) is 0 Å².